The first-order valence-corrected chi connectivity index (χ1v) is 7.56. The van der Waals surface area contributed by atoms with Gasteiger partial charge in [-0.15, -0.1) is 0 Å². The van der Waals surface area contributed by atoms with Crippen molar-refractivity contribution in [3.63, 3.8) is 0 Å². The summed E-state index contributed by atoms with van der Waals surface area (Å²) in [5.41, 5.74) is 2.91. The summed E-state index contributed by atoms with van der Waals surface area (Å²) in [6.07, 6.45) is 0.797. The summed E-state index contributed by atoms with van der Waals surface area (Å²) in [6.45, 7) is 2.58. The molecular weight excluding hydrogens is 330 g/mol. The van der Waals surface area contributed by atoms with Gasteiger partial charge in [-0.25, -0.2) is 0 Å². The Hall–Kier alpha value is -1.81. The number of hydrogen-bond donors (Lipinski definition) is 1. The van der Waals surface area contributed by atoms with Crippen molar-refractivity contribution >= 4 is 21.8 Å². The lowest BCUT2D eigenvalue weighted by molar-refractivity contribution is 0.0954. The molecule has 0 aliphatic carbocycles. The smallest absolute Gasteiger partial charge is 0.251 e. The van der Waals surface area contributed by atoms with Crippen LogP contribution in [-0.4, -0.2) is 19.6 Å². The molecule has 0 aliphatic heterocycles. The van der Waals surface area contributed by atoms with Crippen molar-refractivity contribution in [3.8, 4) is 5.75 Å². The van der Waals surface area contributed by atoms with Crippen molar-refractivity contribution in [3.05, 3.63) is 63.6 Å². The molecule has 1 amide bonds. The Morgan fingerprint density at radius 3 is 2.52 bits per heavy atom. The van der Waals surface area contributed by atoms with E-state index >= 15 is 0 Å². The lowest BCUT2D eigenvalue weighted by Crippen LogP contribution is -2.25. The number of nitrogens with one attached hydrogen (secondary N) is 1. The van der Waals surface area contributed by atoms with Gasteiger partial charge < -0.3 is 10.1 Å². The van der Waals surface area contributed by atoms with Gasteiger partial charge in [0, 0.05) is 16.6 Å². The zero-order valence-electron chi connectivity index (χ0n) is 12.2. The zero-order valence-corrected chi connectivity index (χ0v) is 13.7. The summed E-state index contributed by atoms with van der Waals surface area (Å²) >= 11 is 3.43. The van der Waals surface area contributed by atoms with E-state index in [1.165, 1.54) is 5.56 Å². The van der Waals surface area contributed by atoms with E-state index in [-0.39, 0.29) is 5.91 Å². The summed E-state index contributed by atoms with van der Waals surface area (Å²) < 4.78 is 6.13. The van der Waals surface area contributed by atoms with Crippen molar-refractivity contribution in [1.29, 1.82) is 0 Å². The van der Waals surface area contributed by atoms with E-state index in [4.69, 9.17) is 4.74 Å². The van der Waals surface area contributed by atoms with Gasteiger partial charge in [0.05, 0.1) is 7.11 Å². The highest BCUT2D eigenvalue weighted by atomic mass is 79.9. The maximum absolute atomic E-state index is 12.1. The quantitative estimate of drug-likeness (QED) is 0.894. The highest BCUT2D eigenvalue weighted by Gasteiger charge is 2.06. The third-order valence-corrected chi connectivity index (χ3v) is 4.17. The molecule has 0 radical (unpaired) electrons. The summed E-state index contributed by atoms with van der Waals surface area (Å²) in [5, 5.41) is 2.94. The van der Waals surface area contributed by atoms with Crippen LogP contribution in [0.25, 0.3) is 0 Å². The molecule has 0 spiro atoms. The minimum Gasteiger partial charge on any atom is -0.497 e. The Bertz CT molecular complexity index is 623. The Morgan fingerprint density at radius 1 is 1.19 bits per heavy atom. The van der Waals surface area contributed by atoms with Crippen LogP contribution < -0.4 is 10.1 Å². The Labute approximate surface area is 133 Å². The van der Waals surface area contributed by atoms with Crippen LogP contribution in [0.15, 0.2) is 46.9 Å². The number of ether oxygens (including phenoxy) is 1. The van der Waals surface area contributed by atoms with E-state index in [1.54, 1.807) is 7.11 Å². The summed E-state index contributed by atoms with van der Waals surface area (Å²) in [4.78, 5) is 12.1. The van der Waals surface area contributed by atoms with Gasteiger partial charge in [-0.05, 0) is 54.8 Å². The maximum atomic E-state index is 12.1. The fourth-order valence-corrected chi connectivity index (χ4v) is 2.25. The SMILES string of the molecule is COc1ccc(CCNC(=O)c2ccc(Br)c(C)c2)cc1. The van der Waals surface area contributed by atoms with E-state index < -0.39 is 0 Å². The second-order valence-electron chi connectivity index (χ2n) is 4.82. The number of amides is 1. The van der Waals surface area contributed by atoms with Gasteiger partial charge in [-0.1, -0.05) is 28.1 Å². The van der Waals surface area contributed by atoms with E-state index in [2.05, 4.69) is 21.2 Å². The van der Waals surface area contributed by atoms with Gasteiger partial charge >= 0.3 is 0 Å². The molecule has 0 fully saturated rings. The molecule has 0 saturated heterocycles. The van der Waals surface area contributed by atoms with Crippen LogP contribution in [0.3, 0.4) is 0 Å². The van der Waals surface area contributed by atoms with Crippen molar-refractivity contribution in [1.82, 2.24) is 5.32 Å². The number of methoxy groups -OCH3 is 1. The molecule has 0 saturated carbocycles. The molecule has 2 aromatic carbocycles. The Balaban J connectivity index is 1.87. The molecule has 0 unspecified atom stereocenters. The molecule has 3 nitrogen and oxygen atoms in total. The largest absolute Gasteiger partial charge is 0.497 e. The standard InChI is InChI=1S/C17H18BrNO2/c1-12-11-14(5-8-16(12)18)17(20)19-10-9-13-3-6-15(21-2)7-4-13/h3-8,11H,9-10H2,1-2H3,(H,19,20). The van der Waals surface area contributed by atoms with Crippen molar-refractivity contribution < 1.29 is 9.53 Å². The Kier molecular flexibility index (Phi) is 5.39. The van der Waals surface area contributed by atoms with Gasteiger partial charge in [0.2, 0.25) is 0 Å². The average Bonchev–Trinajstić information content (AvgIpc) is 2.50. The minimum absolute atomic E-state index is 0.0425. The molecule has 2 rings (SSSR count). The van der Waals surface area contributed by atoms with Crippen molar-refractivity contribution in [2.24, 2.45) is 0 Å². The third kappa shape index (κ3) is 4.33. The first-order valence-electron chi connectivity index (χ1n) is 6.77. The van der Waals surface area contributed by atoms with Gasteiger partial charge in [-0.2, -0.15) is 0 Å². The number of carbonyl (C=O) groups excluding carboxylic acids is 1. The lowest BCUT2D eigenvalue weighted by Gasteiger charge is -2.07. The number of rotatable bonds is 5. The molecule has 1 N–H and O–H groups in total. The molecule has 4 heteroatoms. The maximum Gasteiger partial charge on any atom is 0.251 e. The van der Waals surface area contributed by atoms with Gasteiger partial charge in [0.25, 0.3) is 5.91 Å². The molecule has 0 heterocycles. The first-order chi connectivity index (χ1) is 10.1. The van der Waals surface area contributed by atoms with Gasteiger partial charge in [0.1, 0.15) is 5.75 Å². The second kappa shape index (κ2) is 7.27. The molecule has 0 atom stereocenters. The number of hydrogen-bond acceptors (Lipinski definition) is 2. The van der Waals surface area contributed by atoms with Crippen LogP contribution in [-0.2, 0) is 6.42 Å². The van der Waals surface area contributed by atoms with Crippen molar-refractivity contribution in [2.45, 2.75) is 13.3 Å². The fraction of sp³-hybridized carbons (Fsp3) is 0.235. The Morgan fingerprint density at radius 2 is 1.90 bits per heavy atom. The van der Waals surface area contributed by atoms with Crippen LogP contribution in [0, 0.1) is 6.92 Å². The molecule has 110 valence electrons. The van der Waals surface area contributed by atoms with E-state index in [9.17, 15) is 4.79 Å². The predicted octanol–water partition coefficient (Wildman–Crippen LogP) is 3.74. The van der Waals surface area contributed by atoms with Gasteiger partial charge in [-0.3, -0.25) is 4.79 Å². The summed E-state index contributed by atoms with van der Waals surface area (Å²) in [5.74, 6) is 0.798. The molecule has 2 aromatic rings. The van der Waals surface area contributed by atoms with Crippen LogP contribution in [0.4, 0.5) is 0 Å². The first kappa shape index (κ1) is 15.6. The highest BCUT2D eigenvalue weighted by molar-refractivity contribution is 9.10. The monoisotopic (exact) mass is 347 g/mol. The minimum atomic E-state index is -0.0425. The zero-order chi connectivity index (χ0) is 15.2. The highest BCUT2D eigenvalue weighted by Crippen LogP contribution is 2.17. The molecular formula is C17H18BrNO2. The summed E-state index contributed by atoms with van der Waals surface area (Å²) in [7, 11) is 1.65. The van der Waals surface area contributed by atoms with Gasteiger partial charge in [0.15, 0.2) is 0 Å². The van der Waals surface area contributed by atoms with Crippen LogP contribution in [0.2, 0.25) is 0 Å². The summed E-state index contributed by atoms with van der Waals surface area (Å²) in [6, 6.07) is 13.5. The van der Waals surface area contributed by atoms with Crippen LogP contribution in [0.5, 0.6) is 5.75 Å². The number of halogens is 1. The average molecular weight is 348 g/mol. The predicted molar refractivity (Wildman–Crippen MR) is 87.9 cm³/mol. The topological polar surface area (TPSA) is 38.3 Å². The fourth-order valence-electron chi connectivity index (χ4n) is 2.00. The number of aryl methyl sites for hydroxylation is 1. The third-order valence-electron chi connectivity index (χ3n) is 3.28. The molecule has 0 bridgehead atoms. The van der Waals surface area contributed by atoms with Crippen LogP contribution in [0.1, 0.15) is 21.5 Å². The number of carbonyl (C=O) groups is 1. The lowest BCUT2D eigenvalue weighted by atomic mass is 10.1. The van der Waals surface area contributed by atoms with Crippen molar-refractivity contribution in [2.75, 3.05) is 13.7 Å². The van der Waals surface area contributed by atoms with E-state index in [0.717, 1.165) is 22.2 Å². The molecule has 0 aromatic heterocycles. The number of benzene rings is 2. The van der Waals surface area contributed by atoms with Crippen LogP contribution >= 0.6 is 15.9 Å². The van der Waals surface area contributed by atoms with E-state index in [1.807, 2.05) is 49.4 Å². The molecule has 21 heavy (non-hydrogen) atoms. The molecule has 0 aliphatic rings. The normalized spacial score (nSPS) is 10.2. The second-order valence-corrected chi connectivity index (χ2v) is 5.67. The van der Waals surface area contributed by atoms with E-state index in [0.29, 0.717) is 12.1 Å².